The highest BCUT2D eigenvalue weighted by atomic mass is 32.2. The van der Waals surface area contributed by atoms with Crippen LogP contribution in [0, 0.1) is 6.92 Å². The summed E-state index contributed by atoms with van der Waals surface area (Å²) in [5.74, 6) is 0.514. The van der Waals surface area contributed by atoms with Crippen molar-refractivity contribution in [3.8, 4) is 0 Å². The smallest absolute Gasteiger partial charge is 0.230 e. The third-order valence-corrected chi connectivity index (χ3v) is 4.43. The van der Waals surface area contributed by atoms with Gasteiger partial charge in [-0.3, -0.25) is 4.79 Å². The highest BCUT2D eigenvalue weighted by molar-refractivity contribution is 8.00. The highest BCUT2D eigenvalue weighted by Crippen LogP contribution is 2.25. The van der Waals surface area contributed by atoms with Gasteiger partial charge < -0.3 is 15.8 Å². The highest BCUT2D eigenvalue weighted by Gasteiger charge is 2.16. The first kappa shape index (κ1) is 14.2. The van der Waals surface area contributed by atoms with E-state index in [1.807, 2.05) is 25.1 Å². The Balaban J connectivity index is 1.81. The van der Waals surface area contributed by atoms with Gasteiger partial charge in [0.1, 0.15) is 0 Å². The largest absolute Gasteiger partial charge is 0.398 e. The molecular weight excluding hydrogens is 260 g/mol. The minimum atomic E-state index is 0.0822. The molecule has 1 aromatic carbocycles. The van der Waals surface area contributed by atoms with Crippen LogP contribution in [0.15, 0.2) is 23.1 Å². The predicted molar refractivity (Wildman–Crippen MR) is 78.3 cm³/mol. The van der Waals surface area contributed by atoms with Crippen molar-refractivity contribution in [2.24, 2.45) is 0 Å². The number of thioether (sulfide) groups is 1. The molecule has 0 unspecified atom stereocenters. The molecular formula is C14H20N2O2S. The van der Waals surface area contributed by atoms with Gasteiger partial charge in [-0.05, 0) is 37.5 Å². The zero-order valence-corrected chi connectivity index (χ0v) is 12.0. The van der Waals surface area contributed by atoms with Crippen LogP contribution < -0.4 is 11.1 Å². The summed E-state index contributed by atoms with van der Waals surface area (Å²) in [4.78, 5) is 12.9. The van der Waals surface area contributed by atoms with Crippen LogP contribution in [0.5, 0.6) is 0 Å². The maximum atomic E-state index is 11.9. The van der Waals surface area contributed by atoms with Gasteiger partial charge in [0.15, 0.2) is 0 Å². The van der Waals surface area contributed by atoms with Crippen LogP contribution in [-0.2, 0) is 9.53 Å². The molecule has 19 heavy (non-hydrogen) atoms. The standard InChI is InChI=1S/C14H20N2O2S/c1-10-12(15)3-2-4-13(10)19-9-14(17)16-11-5-7-18-8-6-11/h2-4,11H,5-9,15H2,1H3,(H,16,17). The van der Waals surface area contributed by atoms with Gasteiger partial charge in [-0.1, -0.05) is 6.07 Å². The van der Waals surface area contributed by atoms with Crippen molar-refractivity contribution in [3.05, 3.63) is 23.8 Å². The normalized spacial score (nSPS) is 16.3. The molecule has 0 spiro atoms. The van der Waals surface area contributed by atoms with Gasteiger partial charge in [0.05, 0.1) is 5.75 Å². The van der Waals surface area contributed by atoms with E-state index in [1.54, 1.807) is 0 Å². The fourth-order valence-corrected chi connectivity index (χ4v) is 2.92. The zero-order valence-electron chi connectivity index (χ0n) is 11.1. The number of benzene rings is 1. The maximum Gasteiger partial charge on any atom is 0.230 e. The van der Waals surface area contributed by atoms with Gasteiger partial charge in [0.2, 0.25) is 5.91 Å². The van der Waals surface area contributed by atoms with E-state index >= 15 is 0 Å². The van der Waals surface area contributed by atoms with E-state index in [0.29, 0.717) is 5.75 Å². The first-order chi connectivity index (χ1) is 9.16. The van der Waals surface area contributed by atoms with Crippen molar-refractivity contribution >= 4 is 23.4 Å². The summed E-state index contributed by atoms with van der Waals surface area (Å²) in [5, 5.41) is 3.05. The predicted octanol–water partition coefficient (Wildman–Crippen LogP) is 1.96. The number of ether oxygens (including phenoxy) is 1. The van der Waals surface area contributed by atoms with Crippen LogP contribution in [-0.4, -0.2) is 30.9 Å². The summed E-state index contributed by atoms with van der Waals surface area (Å²) in [6.45, 7) is 3.47. The summed E-state index contributed by atoms with van der Waals surface area (Å²) in [7, 11) is 0. The number of hydrogen-bond acceptors (Lipinski definition) is 4. The molecule has 2 rings (SSSR count). The molecule has 1 fully saturated rings. The molecule has 0 atom stereocenters. The number of nitrogens with two attached hydrogens (primary N) is 1. The SMILES string of the molecule is Cc1c(N)cccc1SCC(=O)NC1CCOCC1. The van der Waals surface area contributed by atoms with Crippen molar-refractivity contribution in [3.63, 3.8) is 0 Å². The molecule has 0 radical (unpaired) electrons. The molecule has 1 aliphatic heterocycles. The van der Waals surface area contributed by atoms with Crippen molar-refractivity contribution in [1.82, 2.24) is 5.32 Å². The second-order valence-electron chi connectivity index (χ2n) is 4.71. The van der Waals surface area contributed by atoms with Gasteiger partial charge in [-0.15, -0.1) is 11.8 Å². The van der Waals surface area contributed by atoms with E-state index in [4.69, 9.17) is 10.5 Å². The number of rotatable bonds is 4. The Labute approximate surface area is 118 Å². The Bertz CT molecular complexity index is 445. The van der Waals surface area contributed by atoms with Crippen LogP contribution in [0.2, 0.25) is 0 Å². The minimum absolute atomic E-state index is 0.0822. The van der Waals surface area contributed by atoms with Crippen molar-refractivity contribution < 1.29 is 9.53 Å². The second kappa shape index (κ2) is 6.82. The monoisotopic (exact) mass is 280 g/mol. The number of nitrogen functional groups attached to an aromatic ring is 1. The van der Waals surface area contributed by atoms with Gasteiger partial charge in [-0.25, -0.2) is 0 Å². The quantitative estimate of drug-likeness (QED) is 0.654. The van der Waals surface area contributed by atoms with E-state index in [1.165, 1.54) is 11.8 Å². The number of hydrogen-bond donors (Lipinski definition) is 2. The summed E-state index contributed by atoms with van der Waals surface area (Å²) >= 11 is 1.53. The van der Waals surface area contributed by atoms with Crippen LogP contribution in [0.25, 0.3) is 0 Å². The molecule has 0 bridgehead atoms. The van der Waals surface area contributed by atoms with Crippen molar-refractivity contribution in [2.45, 2.75) is 30.7 Å². The van der Waals surface area contributed by atoms with Crippen molar-refractivity contribution in [1.29, 1.82) is 0 Å². The van der Waals surface area contributed by atoms with E-state index in [2.05, 4.69) is 5.32 Å². The fraction of sp³-hybridized carbons (Fsp3) is 0.500. The molecule has 1 heterocycles. The third-order valence-electron chi connectivity index (χ3n) is 3.27. The van der Waals surface area contributed by atoms with Crippen LogP contribution >= 0.6 is 11.8 Å². The first-order valence-corrected chi connectivity index (χ1v) is 7.50. The van der Waals surface area contributed by atoms with Gasteiger partial charge >= 0.3 is 0 Å². The van der Waals surface area contributed by atoms with E-state index < -0.39 is 0 Å². The van der Waals surface area contributed by atoms with Gasteiger partial charge in [-0.2, -0.15) is 0 Å². The molecule has 0 aliphatic carbocycles. The molecule has 104 valence electrons. The Morgan fingerprint density at radius 1 is 1.47 bits per heavy atom. The van der Waals surface area contributed by atoms with E-state index in [0.717, 1.165) is 42.2 Å². The maximum absolute atomic E-state index is 11.9. The summed E-state index contributed by atoms with van der Waals surface area (Å²) in [6, 6.07) is 6.06. The second-order valence-corrected chi connectivity index (χ2v) is 5.73. The number of carbonyl (C=O) groups excluding carboxylic acids is 1. The average Bonchev–Trinajstić information content (AvgIpc) is 2.42. The lowest BCUT2D eigenvalue weighted by Crippen LogP contribution is -2.39. The lowest BCUT2D eigenvalue weighted by Gasteiger charge is -2.23. The summed E-state index contributed by atoms with van der Waals surface area (Å²) in [5.41, 5.74) is 7.67. The third kappa shape index (κ3) is 4.14. The van der Waals surface area contributed by atoms with Gasteiger partial charge in [0, 0.05) is 29.8 Å². The lowest BCUT2D eigenvalue weighted by atomic mass is 10.1. The number of anilines is 1. The fourth-order valence-electron chi connectivity index (χ4n) is 2.04. The Kier molecular flexibility index (Phi) is 5.10. The first-order valence-electron chi connectivity index (χ1n) is 6.52. The molecule has 1 aromatic rings. The van der Waals surface area contributed by atoms with Crippen molar-refractivity contribution in [2.75, 3.05) is 24.7 Å². The van der Waals surface area contributed by atoms with Gasteiger partial charge in [0.25, 0.3) is 0 Å². The molecule has 5 heteroatoms. The van der Waals surface area contributed by atoms with E-state index in [9.17, 15) is 4.79 Å². The Morgan fingerprint density at radius 2 is 2.21 bits per heavy atom. The van der Waals surface area contributed by atoms with E-state index in [-0.39, 0.29) is 11.9 Å². The minimum Gasteiger partial charge on any atom is -0.398 e. The van der Waals surface area contributed by atoms with Crippen LogP contribution in [0.4, 0.5) is 5.69 Å². The summed E-state index contributed by atoms with van der Waals surface area (Å²) < 4.78 is 5.27. The number of carbonyl (C=O) groups is 1. The zero-order chi connectivity index (χ0) is 13.7. The Hall–Kier alpha value is -1.20. The molecule has 0 saturated carbocycles. The number of nitrogens with one attached hydrogen (secondary N) is 1. The number of amides is 1. The van der Waals surface area contributed by atoms with Crippen LogP contribution in [0.1, 0.15) is 18.4 Å². The molecule has 3 N–H and O–H groups in total. The molecule has 0 aromatic heterocycles. The average molecular weight is 280 g/mol. The molecule has 1 aliphatic rings. The molecule has 1 saturated heterocycles. The van der Waals surface area contributed by atoms with Crippen LogP contribution in [0.3, 0.4) is 0 Å². The topological polar surface area (TPSA) is 64.4 Å². The molecule has 4 nitrogen and oxygen atoms in total. The Morgan fingerprint density at radius 3 is 2.95 bits per heavy atom. The molecule has 1 amide bonds. The summed E-state index contributed by atoms with van der Waals surface area (Å²) in [6.07, 6.45) is 1.82. The lowest BCUT2D eigenvalue weighted by molar-refractivity contribution is -0.119.